The molecule has 10 heavy (non-hydrogen) atoms. The summed E-state index contributed by atoms with van der Waals surface area (Å²) in [4.78, 5) is 10.1. The Morgan fingerprint density at radius 2 is 2.30 bits per heavy atom. The Morgan fingerprint density at radius 1 is 1.80 bits per heavy atom. The van der Waals surface area contributed by atoms with E-state index in [9.17, 15) is 14.3 Å². The van der Waals surface area contributed by atoms with Crippen LogP contribution in [-0.4, -0.2) is 12.6 Å². The standard InChI is InChI=1S/C5H7FO3.Na/c1-2-9-5(8)4(6)3-7;/h3,7H,2H2,1H3;/q;+1/p-1. The Morgan fingerprint density at radius 3 is 2.60 bits per heavy atom. The van der Waals surface area contributed by atoms with Crippen molar-refractivity contribution in [3.63, 3.8) is 0 Å². The van der Waals surface area contributed by atoms with E-state index in [1.807, 2.05) is 0 Å². The maximum absolute atomic E-state index is 11.8. The third-order valence-corrected chi connectivity index (χ3v) is 0.574. The molecule has 0 aliphatic heterocycles. The maximum Gasteiger partial charge on any atom is 1.00 e. The summed E-state index contributed by atoms with van der Waals surface area (Å²) >= 11 is 0. The molecule has 0 atom stereocenters. The summed E-state index contributed by atoms with van der Waals surface area (Å²) in [5.41, 5.74) is 0. The second-order valence-corrected chi connectivity index (χ2v) is 1.19. The fourth-order valence-electron chi connectivity index (χ4n) is 0.248. The predicted octanol–water partition coefficient (Wildman–Crippen LogP) is -3.28. The predicted molar refractivity (Wildman–Crippen MR) is 25.8 cm³/mol. The van der Waals surface area contributed by atoms with Crippen LogP contribution in [0.3, 0.4) is 0 Å². The molecule has 0 saturated heterocycles. The molecule has 5 heteroatoms. The molecule has 0 aromatic heterocycles. The average Bonchev–Trinajstić information content (AvgIpc) is 1.87. The van der Waals surface area contributed by atoms with E-state index < -0.39 is 11.8 Å². The van der Waals surface area contributed by atoms with Crippen LogP contribution < -0.4 is 34.7 Å². The van der Waals surface area contributed by atoms with E-state index in [1.54, 1.807) is 0 Å². The average molecular weight is 156 g/mol. The van der Waals surface area contributed by atoms with E-state index >= 15 is 0 Å². The van der Waals surface area contributed by atoms with Crippen LogP contribution in [0.5, 0.6) is 0 Å². The largest absolute Gasteiger partial charge is 1.00 e. The Labute approximate surface area is 80.2 Å². The van der Waals surface area contributed by atoms with Crippen molar-refractivity contribution in [2.24, 2.45) is 0 Å². The minimum absolute atomic E-state index is 0. The van der Waals surface area contributed by atoms with Crippen molar-refractivity contribution in [3.8, 4) is 0 Å². The summed E-state index contributed by atoms with van der Waals surface area (Å²) in [5.74, 6) is -2.59. The SMILES string of the molecule is CCOC(=O)C(F)=C[O-].[Na+]. The van der Waals surface area contributed by atoms with Crippen LogP contribution in [0, 0.1) is 0 Å². The number of rotatable bonds is 2. The summed E-state index contributed by atoms with van der Waals surface area (Å²) in [5, 5.41) is 9.51. The molecule has 0 aliphatic carbocycles. The van der Waals surface area contributed by atoms with Gasteiger partial charge in [0.2, 0.25) is 0 Å². The normalized spacial score (nSPS) is 10.0. The fourth-order valence-corrected chi connectivity index (χ4v) is 0.248. The molecule has 0 saturated carbocycles. The molecule has 0 unspecified atom stereocenters. The zero-order chi connectivity index (χ0) is 7.28. The van der Waals surface area contributed by atoms with Gasteiger partial charge in [-0.2, -0.15) is 0 Å². The van der Waals surface area contributed by atoms with Crippen molar-refractivity contribution in [1.82, 2.24) is 0 Å². The minimum Gasteiger partial charge on any atom is -0.876 e. The Kier molecular flexibility index (Phi) is 8.89. The number of carbonyl (C=O) groups excluding carboxylic acids is 1. The molecule has 0 bridgehead atoms. The summed E-state index contributed by atoms with van der Waals surface area (Å²) in [7, 11) is 0. The van der Waals surface area contributed by atoms with Crippen molar-refractivity contribution < 1.29 is 48.6 Å². The van der Waals surface area contributed by atoms with Crippen molar-refractivity contribution in [1.29, 1.82) is 0 Å². The molecular weight excluding hydrogens is 150 g/mol. The summed E-state index contributed by atoms with van der Waals surface area (Å²) < 4.78 is 15.9. The molecule has 0 aromatic rings. The molecule has 0 rings (SSSR count). The smallest absolute Gasteiger partial charge is 0.876 e. The first-order valence-electron chi connectivity index (χ1n) is 2.37. The number of hydrogen-bond acceptors (Lipinski definition) is 3. The van der Waals surface area contributed by atoms with Gasteiger partial charge in [0.05, 0.1) is 6.61 Å². The quantitative estimate of drug-likeness (QED) is 0.182. The molecule has 52 valence electrons. The van der Waals surface area contributed by atoms with Crippen LogP contribution in [-0.2, 0) is 9.53 Å². The number of halogens is 1. The van der Waals surface area contributed by atoms with Gasteiger partial charge in [0.15, 0.2) is 5.83 Å². The molecule has 0 spiro atoms. The Balaban J connectivity index is 0. The van der Waals surface area contributed by atoms with Crippen molar-refractivity contribution in [2.75, 3.05) is 6.61 Å². The zero-order valence-corrected chi connectivity index (χ0v) is 7.89. The van der Waals surface area contributed by atoms with Gasteiger partial charge in [-0.3, -0.25) is 0 Å². The monoisotopic (exact) mass is 156 g/mol. The van der Waals surface area contributed by atoms with Crippen molar-refractivity contribution in [2.45, 2.75) is 6.92 Å². The van der Waals surface area contributed by atoms with Crippen LogP contribution >= 0.6 is 0 Å². The van der Waals surface area contributed by atoms with E-state index in [0.29, 0.717) is 0 Å². The minimum atomic E-state index is -1.39. The molecular formula is C5H6FNaO3. The van der Waals surface area contributed by atoms with Gasteiger partial charge >= 0.3 is 35.5 Å². The van der Waals surface area contributed by atoms with Crippen molar-refractivity contribution >= 4 is 5.97 Å². The first-order chi connectivity index (χ1) is 4.22. The third-order valence-electron chi connectivity index (χ3n) is 0.574. The van der Waals surface area contributed by atoms with E-state index in [1.165, 1.54) is 6.92 Å². The third kappa shape index (κ3) is 4.78. The van der Waals surface area contributed by atoms with Crippen LogP contribution in [0.1, 0.15) is 6.92 Å². The first-order valence-corrected chi connectivity index (χ1v) is 2.37. The maximum atomic E-state index is 11.8. The molecule has 0 amide bonds. The molecule has 0 aliphatic rings. The van der Waals surface area contributed by atoms with Gasteiger partial charge in [-0.1, -0.05) is 0 Å². The molecule has 0 aromatic carbocycles. The zero-order valence-electron chi connectivity index (χ0n) is 5.89. The molecule has 0 radical (unpaired) electrons. The topological polar surface area (TPSA) is 49.4 Å². The van der Waals surface area contributed by atoms with E-state index in [0.717, 1.165) is 0 Å². The van der Waals surface area contributed by atoms with Gasteiger partial charge in [0, 0.05) is 0 Å². The van der Waals surface area contributed by atoms with Crippen LogP contribution in [0.15, 0.2) is 12.1 Å². The molecule has 3 nitrogen and oxygen atoms in total. The summed E-state index contributed by atoms with van der Waals surface area (Å²) in [6.45, 7) is 1.59. The van der Waals surface area contributed by atoms with Gasteiger partial charge in [-0.25, -0.2) is 9.18 Å². The van der Waals surface area contributed by atoms with E-state index in [-0.39, 0.29) is 42.4 Å². The Bertz CT molecular complexity index is 135. The van der Waals surface area contributed by atoms with Gasteiger partial charge < -0.3 is 9.84 Å². The van der Waals surface area contributed by atoms with Crippen LogP contribution in [0.25, 0.3) is 0 Å². The second kappa shape index (κ2) is 7.05. The van der Waals surface area contributed by atoms with Gasteiger partial charge in [0.25, 0.3) is 0 Å². The van der Waals surface area contributed by atoms with E-state index in [2.05, 4.69) is 4.74 Å². The number of hydrogen-bond donors (Lipinski definition) is 0. The molecule has 0 heterocycles. The van der Waals surface area contributed by atoms with E-state index in [4.69, 9.17) is 0 Å². The summed E-state index contributed by atoms with van der Waals surface area (Å²) in [6.07, 6.45) is -0.183. The Hall–Kier alpha value is -0.0600. The number of ether oxygens (including phenoxy) is 1. The van der Waals surface area contributed by atoms with Crippen LogP contribution in [0.4, 0.5) is 4.39 Å². The second-order valence-electron chi connectivity index (χ2n) is 1.19. The van der Waals surface area contributed by atoms with Gasteiger partial charge in [-0.05, 0) is 6.92 Å². The molecule has 0 fully saturated rings. The number of carbonyl (C=O) groups is 1. The summed E-state index contributed by atoms with van der Waals surface area (Å²) in [6, 6.07) is 0. The van der Waals surface area contributed by atoms with Crippen LogP contribution in [0.2, 0.25) is 0 Å². The van der Waals surface area contributed by atoms with Gasteiger partial charge in [0.1, 0.15) is 0 Å². The number of esters is 1. The van der Waals surface area contributed by atoms with Crippen molar-refractivity contribution in [3.05, 3.63) is 12.1 Å². The molecule has 0 N–H and O–H groups in total. The first kappa shape index (κ1) is 12.6. The van der Waals surface area contributed by atoms with Gasteiger partial charge in [-0.15, -0.1) is 6.26 Å². The fraction of sp³-hybridized carbons (Fsp3) is 0.400.